The maximum Gasteiger partial charge on any atom is 0.339 e. The fraction of sp³-hybridized carbons (Fsp3) is 0.235. The number of amides is 1. The van der Waals surface area contributed by atoms with Crippen molar-refractivity contribution >= 4 is 17.6 Å². The SMILES string of the molecule is COc1c(C[C@@H](C)NC(=O)c2cncc(N)c2)cccc1C(=O)O. The molecular weight excluding hydrogens is 310 g/mol. The lowest BCUT2D eigenvalue weighted by Crippen LogP contribution is -2.34. The first-order valence-corrected chi connectivity index (χ1v) is 7.33. The summed E-state index contributed by atoms with van der Waals surface area (Å²) >= 11 is 0. The number of carboxylic acids is 1. The van der Waals surface area contributed by atoms with Crippen molar-refractivity contribution < 1.29 is 19.4 Å². The Morgan fingerprint density at radius 1 is 1.38 bits per heavy atom. The number of nitrogens with two attached hydrogens (primary N) is 1. The van der Waals surface area contributed by atoms with Crippen molar-refractivity contribution in [2.45, 2.75) is 19.4 Å². The molecule has 2 rings (SSSR count). The molecule has 0 fully saturated rings. The van der Waals surface area contributed by atoms with E-state index in [-0.39, 0.29) is 17.5 Å². The smallest absolute Gasteiger partial charge is 0.339 e. The van der Waals surface area contributed by atoms with Crippen LogP contribution >= 0.6 is 0 Å². The highest BCUT2D eigenvalue weighted by Gasteiger charge is 2.17. The van der Waals surface area contributed by atoms with Gasteiger partial charge in [-0.05, 0) is 31.0 Å². The van der Waals surface area contributed by atoms with Crippen LogP contribution in [0.2, 0.25) is 0 Å². The predicted molar refractivity (Wildman–Crippen MR) is 89.2 cm³/mol. The van der Waals surface area contributed by atoms with Gasteiger partial charge < -0.3 is 20.9 Å². The molecule has 0 aliphatic heterocycles. The zero-order chi connectivity index (χ0) is 17.7. The van der Waals surface area contributed by atoms with Gasteiger partial charge in [-0.25, -0.2) is 4.79 Å². The highest BCUT2D eigenvalue weighted by Crippen LogP contribution is 2.25. The number of carbonyl (C=O) groups is 2. The van der Waals surface area contributed by atoms with E-state index in [1.807, 2.05) is 6.92 Å². The lowest BCUT2D eigenvalue weighted by Gasteiger charge is -2.17. The standard InChI is InChI=1S/C17H19N3O4/c1-10(20-16(21)12-7-13(18)9-19-8-12)6-11-4-3-5-14(17(22)23)15(11)24-2/h3-5,7-10H,6,18H2,1-2H3,(H,20,21)(H,22,23)/t10-/m1/s1. The molecule has 2 aromatic rings. The van der Waals surface area contributed by atoms with Gasteiger partial charge in [0.05, 0.1) is 18.4 Å². The first-order chi connectivity index (χ1) is 11.4. The van der Waals surface area contributed by atoms with Gasteiger partial charge in [-0.15, -0.1) is 0 Å². The van der Waals surface area contributed by atoms with E-state index in [0.717, 1.165) is 0 Å². The summed E-state index contributed by atoms with van der Waals surface area (Å²) in [5, 5.41) is 12.0. The molecular formula is C17H19N3O4. The van der Waals surface area contributed by atoms with Gasteiger partial charge in [0.1, 0.15) is 11.3 Å². The number of nitrogen functional groups attached to an aromatic ring is 1. The average molecular weight is 329 g/mol. The van der Waals surface area contributed by atoms with Crippen molar-refractivity contribution in [2.24, 2.45) is 0 Å². The van der Waals surface area contributed by atoms with Gasteiger partial charge in [0, 0.05) is 18.4 Å². The van der Waals surface area contributed by atoms with Crippen molar-refractivity contribution in [3.63, 3.8) is 0 Å². The minimum Gasteiger partial charge on any atom is -0.496 e. The maximum atomic E-state index is 12.2. The molecule has 0 bridgehead atoms. The Morgan fingerprint density at radius 3 is 2.75 bits per heavy atom. The summed E-state index contributed by atoms with van der Waals surface area (Å²) < 4.78 is 5.22. The molecule has 126 valence electrons. The first kappa shape index (κ1) is 17.3. The van der Waals surface area contributed by atoms with E-state index in [2.05, 4.69) is 10.3 Å². The van der Waals surface area contributed by atoms with Crippen LogP contribution in [-0.4, -0.2) is 35.1 Å². The molecule has 0 aliphatic rings. The van der Waals surface area contributed by atoms with Crippen LogP contribution in [0.15, 0.2) is 36.7 Å². The summed E-state index contributed by atoms with van der Waals surface area (Å²) in [4.78, 5) is 27.3. The second kappa shape index (κ2) is 7.45. The van der Waals surface area contributed by atoms with Crippen molar-refractivity contribution in [2.75, 3.05) is 12.8 Å². The largest absolute Gasteiger partial charge is 0.496 e. The van der Waals surface area contributed by atoms with Crippen LogP contribution < -0.4 is 15.8 Å². The third kappa shape index (κ3) is 4.01. The molecule has 24 heavy (non-hydrogen) atoms. The lowest BCUT2D eigenvalue weighted by atomic mass is 10.0. The minimum atomic E-state index is -1.06. The summed E-state index contributed by atoms with van der Waals surface area (Å²) in [6, 6.07) is 6.21. The normalized spacial score (nSPS) is 11.6. The molecule has 0 unspecified atom stereocenters. The lowest BCUT2D eigenvalue weighted by molar-refractivity contribution is 0.0692. The molecule has 1 aromatic heterocycles. The van der Waals surface area contributed by atoms with Crippen LogP contribution in [-0.2, 0) is 6.42 Å². The monoisotopic (exact) mass is 329 g/mol. The topological polar surface area (TPSA) is 115 Å². The number of pyridine rings is 1. The van der Waals surface area contributed by atoms with E-state index in [9.17, 15) is 14.7 Å². The zero-order valence-corrected chi connectivity index (χ0v) is 13.4. The second-order valence-electron chi connectivity index (χ2n) is 5.39. The van der Waals surface area contributed by atoms with Crippen molar-refractivity contribution in [3.8, 4) is 5.75 Å². The number of carbonyl (C=O) groups excluding carboxylic acids is 1. The summed E-state index contributed by atoms with van der Waals surface area (Å²) in [5.74, 6) is -1.05. The quantitative estimate of drug-likeness (QED) is 0.743. The van der Waals surface area contributed by atoms with Gasteiger partial charge in [-0.1, -0.05) is 12.1 Å². The molecule has 7 heteroatoms. The molecule has 0 saturated carbocycles. The molecule has 0 spiro atoms. The number of rotatable bonds is 6. The number of hydrogen-bond acceptors (Lipinski definition) is 5. The van der Waals surface area contributed by atoms with Gasteiger partial charge >= 0.3 is 5.97 Å². The van der Waals surface area contributed by atoms with E-state index in [0.29, 0.717) is 29.0 Å². The Labute approximate surface area is 139 Å². The fourth-order valence-electron chi connectivity index (χ4n) is 2.42. The number of benzene rings is 1. The van der Waals surface area contributed by atoms with Crippen LogP contribution in [0.4, 0.5) is 5.69 Å². The zero-order valence-electron chi connectivity index (χ0n) is 13.4. The Morgan fingerprint density at radius 2 is 2.12 bits per heavy atom. The number of carboxylic acid groups (broad SMARTS) is 1. The van der Waals surface area contributed by atoms with Crippen molar-refractivity contribution in [1.29, 1.82) is 0 Å². The van der Waals surface area contributed by atoms with Gasteiger partial charge in [0.25, 0.3) is 5.91 Å². The number of aromatic carboxylic acids is 1. The Balaban J connectivity index is 2.12. The summed E-state index contributed by atoms with van der Waals surface area (Å²) in [7, 11) is 1.42. The van der Waals surface area contributed by atoms with Crippen LogP contribution in [0, 0.1) is 0 Å². The number of nitrogens with one attached hydrogen (secondary N) is 1. The molecule has 1 aromatic carbocycles. The van der Waals surface area contributed by atoms with E-state index in [4.69, 9.17) is 10.5 Å². The van der Waals surface area contributed by atoms with Crippen LogP contribution in [0.3, 0.4) is 0 Å². The van der Waals surface area contributed by atoms with Crippen LogP contribution in [0.25, 0.3) is 0 Å². The van der Waals surface area contributed by atoms with Crippen LogP contribution in [0.5, 0.6) is 5.75 Å². The third-order valence-electron chi connectivity index (χ3n) is 3.46. The highest BCUT2D eigenvalue weighted by atomic mass is 16.5. The Hall–Kier alpha value is -3.09. The molecule has 7 nitrogen and oxygen atoms in total. The number of anilines is 1. The summed E-state index contributed by atoms with van der Waals surface area (Å²) in [6.45, 7) is 1.82. The number of hydrogen-bond donors (Lipinski definition) is 3. The maximum absolute atomic E-state index is 12.2. The van der Waals surface area contributed by atoms with E-state index in [1.54, 1.807) is 18.2 Å². The van der Waals surface area contributed by atoms with Crippen LogP contribution in [0.1, 0.15) is 33.2 Å². The number of methoxy groups -OCH3 is 1. The van der Waals surface area contributed by atoms with E-state index >= 15 is 0 Å². The van der Waals surface area contributed by atoms with E-state index in [1.165, 1.54) is 25.6 Å². The first-order valence-electron chi connectivity index (χ1n) is 7.33. The molecule has 0 radical (unpaired) electrons. The molecule has 1 atom stereocenters. The van der Waals surface area contributed by atoms with Gasteiger partial charge in [-0.3, -0.25) is 9.78 Å². The van der Waals surface area contributed by atoms with Gasteiger partial charge in [0.2, 0.25) is 0 Å². The van der Waals surface area contributed by atoms with Gasteiger partial charge in [0.15, 0.2) is 0 Å². The molecule has 1 heterocycles. The average Bonchev–Trinajstić information content (AvgIpc) is 2.54. The number of aromatic nitrogens is 1. The van der Waals surface area contributed by atoms with Crippen molar-refractivity contribution in [3.05, 3.63) is 53.3 Å². The minimum absolute atomic E-state index is 0.0913. The third-order valence-corrected chi connectivity index (χ3v) is 3.46. The summed E-state index contributed by atoms with van der Waals surface area (Å²) in [6.07, 6.45) is 3.32. The Bertz CT molecular complexity index is 761. The molecule has 0 saturated heterocycles. The number of nitrogens with zero attached hydrogens (tertiary/aromatic N) is 1. The molecule has 4 N–H and O–H groups in total. The number of ether oxygens (including phenoxy) is 1. The fourth-order valence-corrected chi connectivity index (χ4v) is 2.42. The number of para-hydroxylation sites is 1. The Kier molecular flexibility index (Phi) is 5.36. The highest BCUT2D eigenvalue weighted by molar-refractivity contribution is 5.95. The summed E-state index contributed by atoms with van der Waals surface area (Å²) in [5.41, 5.74) is 7.19. The van der Waals surface area contributed by atoms with Crippen molar-refractivity contribution in [1.82, 2.24) is 10.3 Å². The molecule has 1 amide bonds. The van der Waals surface area contributed by atoms with E-state index < -0.39 is 5.97 Å². The molecule has 0 aliphatic carbocycles. The van der Waals surface area contributed by atoms with Gasteiger partial charge in [-0.2, -0.15) is 0 Å². The predicted octanol–water partition coefficient (Wildman–Crippen LogP) is 1.73. The second-order valence-corrected chi connectivity index (χ2v) is 5.39.